The van der Waals surface area contributed by atoms with Gasteiger partial charge in [-0.25, -0.2) is 0 Å². The molecule has 0 heterocycles. The van der Waals surface area contributed by atoms with Crippen LogP contribution in [0.4, 0.5) is 0 Å². The van der Waals surface area contributed by atoms with Crippen molar-refractivity contribution in [2.45, 2.75) is 51.7 Å². The number of hydrogen-bond donors (Lipinski definition) is 1. The first kappa shape index (κ1) is 10.9. The highest BCUT2D eigenvalue weighted by molar-refractivity contribution is 4.69. The Morgan fingerprint density at radius 1 is 1.45 bits per heavy atom. The van der Waals surface area contributed by atoms with Gasteiger partial charge in [-0.15, -0.1) is 0 Å². The Labute approximate surface area is 69.6 Å². The number of aliphatic hydroxyl groups excluding tert-OH is 1. The van der Waals surface area contributed by atoms with Gasteiger partial charge in [0.15, 0.2) is 0 Å². The summed E-state index contributed by atoms with van der Waals surface area (Å²) in [7, 11) is 1.71. The Hall–Kier alpha value is -0.0800. The van der Waals surface area contributed by atoms with Crippen molar-refractivity contribution in [2.75, 3.05) is 7.11 Å². The second-order valence-corrected chi connectivity index (χ2v) is 3.56. The van der Waals surface area contributed by atoms with Crippen LogP contribution < -0.4 is 0 Å². The van der Waals surface area contributed by atoms with Gasteiger partial charge in [0.1, 0.15) is 0 Å². The van der Waals surface area contributed by atoms with Gasteiger partial charge < -0.3 is 9.84 Å². The minimum Gasteiger partial charge on any atom is -0.393 e. The van der Waals surface area contributed by atoms with Crippen molar-refractivity contribution in [3.05, 3.63) is 0 Å². The highest BCUT2D eigenvalue weighted by Crippen LogP contribution is 2.17. The number of rotatable bonds is 5. The van der Waals surface area contributed by atoms with Crippen molar-refractivity contribution in [1.82, 2.24) is 0 Å². The number of methoxy groups -OCH3 is 1. The van der Waals surface area contributed by atoms with E-state index in [9.17, 15) is 5.11 Å². The SMILES string of the molecule is CCC(O)CCC(C)(C)OC. The Morgan fingerprint density at radius 2 is 2.00 bits per heavy atom. The molecule has 0 aliphatic heterocycles. The van der Waals surface area contributed by atoms with E-state index in [1.54, 1.807) is 7.11 Å². The molecule has 68 valence electrons. The highest BCUT2D eigenvalue weighted by atomic mass is 16.5. The van der Waals surface area contributed by atoms with E-state index in [-0.39, 0.29) is 11.7 Å². The molecule has 0 amide bonds. The first-order chi connectivity index (χ1) is 5.02. The average Bonchev–Trinajstić information content (AvgIpc) is 2.00. The van der Waals surface area contributed by atoms with Crippen molar-refractivity contribution in [3.8, 4) is 0 Å². The van der Waals surface area contributed by atoms with E-state index in [4.69, 9.17) is 4.74 Å². The fourth-order valence-electron chi connectivity index (χ4n) is 0.820. The Morgan fingerprint density at radius 3 is 2.36 bits per heavy atom. The smallest absolute Gasteiger partial charge is 0.0623 e. The highest BCUT2D eigenvalue weighted by Gasteiger charge is 2.17. The number of hydrogen-bond acceptors (Lipinski definition) is 2. The van der Waals surface area contributed by atoms with Crippen LogP contribution in [0.25, 0.3) is 0 Å². The lowest BCUT2D eigenvalue weighted by molar-refractivity contribution is 0.00272. The largest absolute Gasteiger partial charge is 0.393 e. The molecule has 1 atom stereocenters. The Bertz CT molecular complexity index is 99.7. The van der Waals surface area contributed by atoms with Crippen molar-refractivity contribution in [2.24, 2.45) is 0 Å². The number of aliphatic hydroxyl groups is 1. The summed E-state index contributed by atoms with van der Waals surface area (Å²) < 4.78 is 5.22. The summed E-state index contributed by atoms with van der Waals surface area (Å²) in [6.07, 6.45) is 2.42. The van der Waals surface area contributed by atoms with E-state index >= 15 is 0 Å². The molecule has 0 aliphatic rings. The van der Waals surface area contributed by atoms with Crippen LogP contribution in [-0.2, 0) is 4.74 Å². The van der Waals surface area contributed by atoms with Gasteiger partial charge in [-0.3, -0.25) is 0 Å². The molecule has 1 N–H and O–H groups in total. The van der Waals surface area contributed by atoms with Crippen LogP contribution in [-0.4, -0.2) is 23.9 Å². The predicted octanol–water partition coefficient (Wildman–Crippen LogP) is 1.96. The molecule has 0 spiro atoms. The molecule has 0 aromatic carbocycles. The van der Waals surface area contributed by atoms with E-state index in [0.717, 1.165) is 19.3 Å². The lowest BCUT2D eigenvalue weighted by Crippen LogP contribution is -2.24. The molecule has 2 heteroatoms. The standard InChI is InChI=1S/C9H20O2/c1-5-8(10)6-7-9(2,3)11-4/h8,10H,5-7H2,1-4H3. The molecule has 0 aliphatic carbocycles. The molecule has 0 saturated carbocycles. The maximum Gasteiger partial charge on any atom is 0.0623 e. The van der Waals surface area contributed by atoms with Gasteiger partial charge in [-0.05, 0) is 33.1 Å². The molecule has 1 unspecified atom stereocenters. The van der Waals surface area contributed by atoms with Crippen molar-refractivity contribution < 1.29 is 9.84 Å². The molecular formula is C9H20O2. The molecule has 0 fully saturated rings. The minimum absolute atomic E-state index is 0.0872. The third-order valence-electron chi connectivity index (χ3n) is 2.10. The van der Waals surface area contributed by atoms with E-state index in [1.807, 2.05) is 20.8 Å². The summed E-state index contributed by atoms with van der Waals surface area (Å²) in [5.74, 6) is 0. The third-order valence-corrected chi connectivity index (χ3v) is 2.10. The summed E-state index contributed by atoms with van der Waals surface area (Å²) in [6, 6.07) is 0. The fraction of sp³-hybridized carbons (Fsp3) is 1.00. The first-order valence-corrected chi connectivity index (χ1v) is 4.25. The quantitative estimate of drug-likeness (QED) is 0.666. The van der Waals surface area contributed by atoms with Crippen LogP contribution in [0, 0.1) is 0 Å². The van der Waals surface area contributed by atoms with Gasteiger partial charge in [-0.2, -0.15) is 0 Å². The summed E-state index contributed by atoms with van der Waals surface area (Å²) in [6.45, 7) is 6.06. The van der Waals surface area contributed by atoms with Crippen LogP contribution in [0.2, 0.25) is 0 Å². The van der Waals surface area contributed by atoms with E-state index in [0.29, 0.717) is 0 Å². The molecule has 0 aromatic heterocycles. The van der Waals surface area contributed by atoms with Gasteiger partial charge in [0.2, 0.25) is 0 Å². The van der Waals surface area contributed by atoms with Crippen LogP contribution in [0.3, 0.4) is 0 Å². The average molecular weight is 160 g/mol. The Kier molecular flexibility index (Phi) is 4.69. The zero-order chi connectivity index (χ0) is 8.91. The van der Waals surface area contributed by atoms with Crippen LogP contribution in [0.5, 0.6) is 0 Å². The molecule has 11 heavy (non-hydrogen) atoms. The van der Waals surface area contributed by atoms with E-state index in [1.165, 1.54) is 0 Å². The molecule has 0 aromatic rings. The third kappa shape index (κ3) is 5.22. The zero-order valence-corrected chi connectivity index (χ0v) is 8.05. The first-order valence-electron chi connectivity index (χ1n) is 4.25. The van der Waals surface area contributed by atoms with Crippen LogP contribution in [0.1, 0.15) is 40.0 Å². The monoisotopic (exact) mass is 160 g/mol. The Balaban J connectivity index is 3.52. The maximum atomic E-state index is 9.26. The summed E-state index contributed by atoms with van der Waals surface area (Å²) >= 11 is 0. The second kappa shape index (κ2) is 4.73. The van der Waals surface area contributed by atoms with Gasteiger partial charge in [0, 0.05) is 7.11 Å². The predicted molar refractivity (Wildman–Crippen MR) is 46.6 cm³/mol. The van der Waals surface area contributed by atoms with Crippen molar-refractivity contribution in [3.63, 3.8) is 0 Å². The zero-order valence-electron chi connectivity index (χ0n) is 8.05. The minimum atomic E-state index is -0.163. The van der Waals surface area contributed by atoms with Gasteiger partial charge in [0.05, 0.1) is 11.7 Å². The molecule has 2 nitrogen and oxygen atoms in total. The van der Waals surface area contributed by atoms with E-state index < -0.39 is 0 Å². The lowest BCUT2D eigenvalue weighted by atomic mass is 9.99. The van der Waals surface area contributed by atoms with Crippen molar-refractivity contribution in [1.29, 1.82) is 0 Å². The van der Waals surface area contributed by atoms with Crippen molar-refractivity contribution >= 4 is 0 Å². The summed E-state index contributed by atoms with van der Waals surface area (Å²) in [4.78, 5) is 0. The molecule has 0 saturated heterocycles. The normalized spacial score (nSPS) is 15.0. The van der Waals surface area contributed by atoms with E-state index in [2.05, 4.69) is 0 Å². The maximum absolute atomic E-state index is 9.26. The molecule has 0 radical (unpaired) electrons. The molecule has 0 rings (SSSR count). The van der Waals surface area contributed by atoms with Crippen LogP contribution in [0.15, 0.2) is 0 Å². The summed E-state index contributed by atoms with van der Waals surface area (Å²) in [5.41, 5.74) is -0.0872. The van der Waals surface area contributed by atoms with Gasteiger partial charge >= 0.3 is 0 Å². The molecule has 0 bridgehead atoms. The fourth-order valence-corrected chi connectivity index (χ4v) is 0.820. The topological polar surface area (TPSA) is 29.5 Å². The van der Waals surface area contributed by atoms with Gasteiger partial charge in [-0.1, -0.05) is 6.92 Å². The number of ether oxygens (including phenoxy) is 1. The molecular weight excluding hydrogens is 140 g/mol. The lowest BCUT2D eigenvalue weighted by Gasteiger charge is -2.23. The van der Waals surface area contributed by atoms with Gasteiger partial charge in [0.25, 0.3) is 0 Å². The second-order valence-electron chi connectivity index (χ2n) is 3.56. The van der Waals surface area contributed by atoms with Crippen LogP contribution >= 0.6 is 0 Å². The summed E-state index contributed by atoms with van der Waals surface area (Å²) in [5, 5.41) is 9.26.